The van der Waals surface area contributed by atoms with Crippen molar-refractivity contribution >= 4 is 46.9 Å². The first-order valence-corrected chi connectivity index (χ1v) is 13.9. The van der Waals surface area contributed by atoms with Crippen molar-refractivity contribution in [2.45, 2.75) is 50.5 Å². The Hall–Kier alpha value is -5.56. The second kappa shape index (κ2) is 12.6. The normalized spacial score (nSPS) is 18.3. The van der Waals surface area contributed by atoms with Crippen LogP contribution in [0.25, 0.3) is 0 Å². The van der Waals surface area contributed by atoms with Gasteiger partial charge in [-0.15, -0.1) is 0 Å². The van der Waals surface area contributed by atoms with Crippen molar-refractivity contribution in [1.29, 1.82) is 0 Å². The van der Waals surface area contributed by atoms with Gasteiger partial charge in [-0.05, 0) is 49.2 Å². The van der Waals surface area contributed by atoms with Crippen LogP contribution in [0.5, 0.6) is 0 Å². The molecule has 4 amide bonds. The van der Waals surface area contributed by atoms with E-state index in [0.29, 0.717) is 21.7 Å². The first-order valence-electron chi connectivity index (χ1n) is 13.9. The predicted molar refractivity (Wildman–Crippen MR) is 162 cm³/mol. The maximum Gasteiger partial charge on any atom is 0.360 e. The fourth-order valence-corrected chi connectivity index (χ4v) is 5.52. The number of benzene rings is 3. The molecule has 45 heavy (non-hydrogen) atoms. The summed E-state index contributed by atoms with van der Waals surface area (Å²) in [5, 5.41) is 20.2. The zero-order valence-corrected chi connectivity index (χ0v) is 24.6. The molecule has 0 aliphatic carbocycles. The fraction of sp³-hybridized carbons (Fsp3) is 0.250. The highest BCUT2D eigenvalue weighted by molar-refractivity contribution is 6.24. The molecule has 1 aliphatic rings. The average Bonchev–Trinajstić information content (AvgIpc) is 3.17. The van der Waals surface area contributed by atoms with E-state index in [9.17, 15) is 39.0 Å². The van der Waals surface area contributed by atoms with Crippen LogP contribution in [0.3, 0.4) is 0 Å². The standard InChI is InChI=1S/C32H33N5O8/c1-20(38)32(29(43)44,36(24-11-7-4-8-12-24)27(41)25(34)17-26(39)40)37-28(42)31(2,18-21-13-15-23(33)16-14-21)35(30(37)45)19-22-9-5-3-6-10-22/h3-16,25H,17-19,33-34H2,1-2H3,(H,39,40)(H,43,44)/t25-,31+,32-/m0/s1. The molecule has 13 heteroatoms. The van der Waals surface area contributed by atoms with Gasteiger partial charge < -0.3 is 26.6 Å². The quantitative estimate of drug-likeness (QED) is 0.133. The van der Waals surface area contributed by atoms with Gasteiger partial charge in [-0.25, -0.2) is 14.5 Å². The summed E-state index contributed by atoms with van der Waals surface area (Å²) in [6.45, 7) is 2.13. The number of hydrogen-bond acceptors (Lipinski definition) is 8. The second-order valence-electron chi connectivity index (χ2n) is 10.9. The third kappa shape index (κ3) is 5.85. The van der Waals surface area contributed by atoms with E-state index in [2.05, 4.69) is 0 Å². The molecule has 1 fully saturated rings. The molecule has 0 saturated carbocycles. The van der Waals surface area contributed by atoms with E-state index in [0.717, 1.165) is 11.8 Å². The SMILES string of the molecule is CC(=O)[C@@](C(=O)O)(N1C(=O)N(Cc2ccccc2)[C@](C)(Cc2ccc(N)cc2)C1=O)N(C(=O)[C@@H](N)CC(=O)O)c1ccccc1. The van der Waals surface area contributed by atoms with Crippen molar-refractivity contribution in [3.05, 3.63) is 96.1 Å². The van der Waals surface area contributed by atoms with Gasteiger partial charge >= 0.3 is 18.0 Å². The number of carboxylic acids is 2. The lowest BCUT2D eigenvalue weighted by Gasteiger charge is -2.43. The molecule has 6 N–H and O–H groups in total. The number of imide groups is 1. The number of nitrogens with two attached hydrogens (primary N) is 2. The van der Waals surface area contributed by atoms with Crippen molar-refractivity contribution in [2.75, 3.05) is 10.6 Å². The highest BCUT2D eigenvalue weighted by Crippen LogP contribution is 2.41. The lowest BCUT2D eigenvalue weighted by Crippen LogP contribution is -2.74. The van der Waals surface area contributed by atoms with Gasteiger partial charge in [0.1, 0.15) is 5.54 Å². The summed E-state index contributed by atoms with van der Waals surface area (Å²) in [6.07, 6.45) is -1.03. The molecule has 0 unspecified atom stereocenters. The summed E-state index contributed by atoms with van der Waals surface area (Å²) in [7, 11) is 0. The Labute approximate surface area is 258 Å². The number of carbonyl (C=O) groups excluding carboxylic acids is 4. The summed E-state index contributed by atoms with van der Waals surface area (Å²) in [5.41, 5.74) is 8.17. The van der Waals surface area contributed by atoms with Crippen molar-refractivity contribution in [1.82, 2.24) is 9.80 Å². The first-order chi connectivity index (χ1) is 21.2. The van der Waals surface area contributed by atoms with Crippen LogP contribution in [-0.2, 0) is 36.9 Å². The number of Topliss-reactive ketones (excluding diaryl/α,β-unsaturated/α-hetero) is 1. The Kier molecular flexibility index (Phi) is 9.05. The van der Waals surface area contributed by atoms with Gasteiger partial charge in [0.25, 0.3) is 11.6 Å². The minimum absolute atomic E-state index is 0.105. The molecule has 0 radical (unpaired) electrons. The van der Waals surface area contributed by atoms with E-state index < -0.39 is 59.2 Å². The molecule has 234 valence electrons. The Balaban J connectivity index is 1.98. The number of anilines is 2. The van der Waals surface area contributed by atoms with Gasteiger partial charge in [-0.3, -0.25) is 24.1 Å². The van der Waals surface area contributed by atoms with E-state index in [1.165, 1.54) is 31.2 Å². The van der Waals surface area contributed by atoms with E-state index in [-0.39, 0.29) is 23.6 Å². The van der Waals surface area contributed by atoms with Crippen LogP contribution in [0.1, 0.15) is 31.4 Å². The fourth-order valence-electron chi connectivity index (χ4n) is 5.52. The summed E-state index contributed by atoms with van der Waals surface area (Å²) < 4.78 is 0. The highest BCUT2D eigenvalue weighted by Gasteiger charge is 2.68. The molecular weight excluding hydrogens is 582 g/mol. The molecule has 3 aromatic rings. The second-order valence-corrected chi connectivity index (χ2v) is 10.9. The number of carbonyl (C=O) groups is 6. The number of ketones is 1. The molecular formula is C32H33N5O8. The summed E-state index contributed by atoms with van der Waals surface area (Å²) in [4.78, 5) is 83.5. The average molecular weight is 616 g/mol. The third-order valence-electron chi connectivity index (χ3n) is 7.78. The van der Waals surface area contributed by atoms with E-state index >= 15 is 0 Å². The molecule has 1 aliphatic heterocycles. The Bertz CT molecular complexity index is 1620. The summed E-state index contributed by atoms with van der Waals surface area (Å²) in [6, 6.07) is 19.2. The van der Waals surface area contributed by atoms with E-state index in [1.54, 1.807) is 60.7 Å². The molecule has 1 saturated heterocycles. The van der Waals surface area contributed by atoms with Crippen molar-refractivity contribution in [3.8, 4) is 0 Å². The highest BCUT2D eigenvalue weighted by atomic mass is 16.4. The smallest absolute Gasteiger partial charge is 0.360 e. The number of nitrogens with zero attached hydrogens (tertiary/aromatic N) is 3. The number of nitrogen functional groups attached to an aromatic ring is 1. The number of amides is 4. The topological polar surface area (TPSA) is 205 Å². The Morgan fingerprint density at radius 3 is 1.96 bits per heavy atom. The predicted octanol–water partition coefficient (Wildman–Crippen LogP) is 2.24. The lowest BCUT2D eigenvalue weighted by atomic mass is 9.89. The van der Waals surface area contributed by atoms with Crippen LogP contribution >= 0.6 is 0 Å². The molecule has 3 atom stereocenters. The largest absolute Gasteiger partial charge is 0.481 e. The Morgan fingerprint density at radius 1 is 0.889 bits per heavy atom. The number of rotatable bonds is 12. The minimum Gasteiger partial charge on any atom is -0.481 e. The molecule has 0 aromatic heterocycles. The van der Waals surface area contributed by atoms with E-state index in [4.69, 9.17) is 11.5 Å². The van der Waals surface area contributed by atoms with Gasteiger partial charge in [0.2, 0.25) is 5.91 Å². The van der Waals surface area contributed by atoms with Crippen molar-refractivity contribution < 1.29 is 39.0 Å². The molecule has 0 spiro atoms. The number of urea groups is 1. The molecule has 4 rings (SSSR count). The number of carboxylic acid groups (broad SMARTS) is 2. The van der Waals surface area contributed by atoms with Crippen molar-refractivity contribution in [2.24, 2.45) is 5.73 Å². The summed E-state index contributed by atoms with van der Waals surface area (Å²) >= 11 is 0. The minimum atomic E-state index is -3.28. The van der Waals surface area contributed by atoms with Gasteiger partial charge in [-0.1, -0.05) is 60.7 Å². The van der Waals surface area contributed by atoms with Crippen LogP contribution < -0.4 is 16.4 Å². The van der Waals surface area contributed by atoms with Gasteiger partial charge in [0, 0.05) is 24.3 Å². The molecule has 0 bridgehead atoms. The third-order valence-corrected chi connectivity index (χ3v) is 7.78. The molecule has 1 heterocycles. The van der Waals surface area contributed by atoms with Gasteiger partial charge in [-0.2, -0.15) is 0 Å². The van der Waals surface area contributed by atoms with Crippen LogP contribution in [0.2, 0.25) is 0 Å². The zero-order chi connectivity index (χ0) is 33.1. The summed E-state index contributed by atoms with van der Waals surface area (Å²) in [5.74, 6) is -7.13. The van der Waals surface area contributed by atoms with E-state index in [1.807, 2.05) is 0 Å². The van der Waals surface area contributed by atoms with Crippen molar-refractivity contribution in [3.63, 3.8) is 0 Å². The van der Waals surface area contributed by atoms with Gasteiger partial charge in [0.05, 0.1) is 12.5 Å². The maximum atomic E-state index is 14.6. The number of aliphatic carboxylic acids is 2. The monoisotopic (exact) mass is 615 g/mol. The van der Waals surface area contributed by atoms with Crippen LogP contribution in [0, 0.1) is 0 Å². The molecule has 3 aromatic carbocycles. The zero-order valence-electron chi connectivity index (χ0n) is 24.6. The molecule has 13 nitrogen and oxygen atoms in total. The maximum absolute atomic E-state index is 14.6. The Morgan fingerprint density at radius 2 is 1.44 bits per heavy atom. The lowest BCUT2D eigenvalue weighted by molar-refractivity contribution is -0.162. The van der Waals surface area contributed by atoms with Gasteiger partial charge in [0.15, 0.2) is 5.78 Å². The van der Waals surface area contributed by atoms with Crippen LogP contribution in [0.4, 0.5) is 16.2 Å². The van der Waals surface area contributed by atoms with Crippen LogP contribution in [-0.4, -0.2) is 72.8 Å². The van der Waals surface area contributed by atoms with Crippen LogP contribution in [0.15, 0.2) is 84.9 Å². The number of para-hydroxylation sites is 1. The number of hydrogen-bond donors (Lipinski definition) is 4. The first kappa shape index (κ1) is 32.4.